The molecule has 12 heteroatoms. The summed E-state index contributed by atoms with van der Waals surface area (Å²) < 4.78 is 59.3. The lowest BCUT2D eigenvalue weighted by molar-refractivity contribution is -0.148. The zero-order chi connectivity index (χ0) is 29.8. The summed E-state index contributed by atoms with van der Waals surface area (Å²) in [6.45, 7) is -1.65. The van der Waals surface area contributed by atoms with Crippen LogP contribution in [0.2, 0.25) is 0 Å². The summed E-state index contributed by atoms with van der Waals surface area (Å²) in [5, 5.41) is 0. The fourth-order valence-electron chi connectivity index (χ4n) is 7.32. The Morgan fingerprint density at radius 3 is 2.47 bits per heavy atom. The third-order valence-electron chi connectivity index (χ3n) is 9.19. The number of rotatable bonds is 7. The van der Waals surface area contributed by atoms with E-state index in [0.29, 0.717) is 47.9 Å². The lowest BCUT2D eigenvalue weighted by Crippen LogP contribution is -2.45. The van der Waals surface area contributed by atoms with E-state index in [-0.39, 0.29) is 41.0 Å². The lowest BCUT2D eigenvalue weighted by Gasteiger charge is -2.36. The Hall–Kier alpha value is -4.19. The zero-order valence-electron chi connectivity index (χ0n) is 23.6. The number of alkyl halides is 2. The molecule has 0 amide bonds. The van der Waals surface area contributed by atoms with Crippen molar-refractivity contribution in [2.24, 2.45) is 17.8 Å². The second-order valence-electron chi connectivity index (χ2n) is 11.4. The molecule has 0 radical (unpaired) electrons. The number of esters is 1. The fraction of sp³-hybridized carbons (Fsp3) is 0.419. The van der Waals surface area contributed by atoms with Crippen molar-refractivity contribution in [3.05, 3.63) is 71.7 Å². The molecule has 3 aromatic heterocycles. The van der Waals surface area contributed by atoms with Gasteiger partial charge in [-0.05, 0) is 37.2 Å². The van der Waals surface area contributed by atoms with Gasteiger partial charge in [-0.1, -0.05) is 18.2 Å². The van der Waals surface area contributed by atoms with Crippen LogP contribution in [0.4, 0.5) is 19.1 Å². The Bertz CT molecular complexity index is 1670. The van der Waals surface area contributed by atoms with Gasteiger partial charge < -0.3 is 23.5 Å². The average molecular weight is 594 g/mol. The largest absolute Gasteiger partial charge is 0.469 e. The number of nitrogens with zero attached hydrogens (tertiary/aromatic N) is 5. The van der Waals surface area contributed by atoms with Crippen LogP contribution in [0.5, 0.6) is 5.75 Å². The summed E-state index contributed by atoms with van der Waals surface area (Å²) in [5.41, 5.74) is 3.08. The minimum atomic E-state index is -2.97. The van der Waals surface area contributed by atoms with Crippen LogP contribution in [-0.4, -0.2) is 59.2 Å². The second kappa shape index (κ2) is 10.8. The molecule has 0 spiro atoms. The number of anilines is 1. The summed E-state index contributed by atoms with van der Waals surface area (Å²) in [4.78, 5) is 28.2. The molecule has 9 nitrogen and oxygen atoms in total. The van der Waals surface area contributed by atoms with E-state index in [1.807, 2.05) is 0 Å². The topological polar surface area (TPSA) is 91.1 Å². The molecule has 2 unspecified atom stereocenters. The number of benzene rings is 1. The van der Waals surface area contributed by atoms with Gasteiger partial charge in [0.15, 0.2) is 0 Å². The minimum absolute atomic E-state index is 0.0792. The molecular formula is C31H30F3N5O4. The molecule has 4 heterocycles. The molecule has 2 aliphatic carbocycles. The molecule has 2 bridgehead atoms. The number of halogens is 3. The number of pyridine rings is 1. The molecule has 3 aliphatic rings. The van der Waals surface area contributed by atoms with Crippen LogP contribution in [0.3, 0.4) is 0 Å². The molecule has 0 N–H and O–H groups in total. The van der Waals surface area contributed by atoms with Gasteiger partial charge in [0.1, 0.15) is 23.3 Å². The number of hydrogen-bond acceptors (Lipinski definition) is 8. The highest BCUT2D eigenvalue weighted by Gasteiger charge is 2.47. The van der Waals surface area contributed by atoms with Crippen molar-refractivity contribution in [2.45, 2.75) is 37.9 Å². The van der Waals surface area contributed by atoms with Crippen LogP contribution >= 0.6 is 0 Å². The maximum Gasteiger partial charge on any atom is 0.387 e. The monoisotopic (exact) mass is 593 g/mol. The summed E-state index contributed by atoms with van der Waals surface area (Å²) in [6, 6.07) is 8.02. The van der Waals surface area contributed by atoms with Crippen LogP contribution in [-0.2, 0) is 14.3 Å². The van der Waals surface area contributed by atoms with E-state index in [1.165, 1.54) is 19.2 Å². The van der Waals surface area contributed by atoms with Crippen molar-refractivity contribution in [1.29, 1.82) is 0 Å². The molecule has 1 saturated carbocycles. The van der Waals surface area contributed by atoms with Crippen LogP contribution in [0.15, 0.2) is 48.9 Å². The SMILES string of the molecule is COC(=O)C1C2CCC1CN(c1ncc(-c3cn4c5c(nc4cc3F)[C@H](OC)C[C@@H]5c3ccccc3OC(F)F)cn1)C2. The molecular weight excluding hydrogens is 563 g/mol. The molecule has 224 valence electrons. The van der Waals surface area contributed by atoms with E-state index in [9.17, 15) is 13.6 Å². The van der Waals surface area contributed by atoms with Gasteiger partial charge in [0.25, 0.3) is 0 Å². The quantitative estimate of drug-likeness (QED) is 0.264. The Kier molecular flexibility index (Phi) is 6.95. The van der Waals surface area contributed by atoms with Gasteiger partial charge in [-0.15, -0.1) is 0 Å². The van der Waals surface area contributed by atoms with Gasteiger partial charge in [-0.2, -0.15) is 8.78 Å². The van der Waals surface area contributed by atoms with Gasteiger partial charge in [-0.25, -0.2) is 19.3 Å². The lowest BCUT2D eigenvalue weighted by atomic mass is 9.85. The highest BCUT2D eigenvalue weighted by molar-refractivity contribution is 5.74. The number of carbonyl (C=O) groups is 1. The smallest absolute Gasteiger partial charge is 0.387 e. The van der Waals surface area contributed by atoms with Crippen LogP contribution in [0, 0.1) is 23.6 Å². The molecule has 43 heavy (non-hydrogen) atoms. The van der Waals surface area contributed by atoms with Crippen LogP contribution in [0.25, 0.3) is 16.8 Å². The van der Waals surface area contributed by atoms with E-state index in [4.69, 9.17) is 14.2 Å². The highest BCUT2D eigenvalue weighted by Crippen LogP contribution is 2.48. The average Bonchev–Trinajstić information content (AvgIpc) is 3.63. The molecule has 1 saturated heterocycles. The first-order valence-corrected chi connectivity index (χ1v) is 14.3. The predicted molar refractivity (Wildman–Crippen MR) is 149 cm³/mol. The summed E-state index contributed by atoms with van der Waals surface area (Å²) in [5.74, 6) is -0.0988. The van der Waals surface area contributed by atoms with Gasteiger partial charge >= 0.3 is 12.6 Å². The van der Waals surface area contributed by atoms with Crippen molar-refractivity contribution in [3.8, 4) is 16.9 Å². The third kappa shape index (κ3) is 4.68. The van der Waals surface area contributed by atoms with Crippen molar-refractivity contribution in [2.75, 3.05) is 32.2 Å². The number of ether oxygens (including phenoxy) is 3. The molecule has 4 aromatic rings. The van der Waals surface area contributed by atoms with Crippen molar-refractivity contribution in [1.82, 2.24) is 19.4 Å². The molecule has 1 aliphatic heterocycles. The van der Waals surface area contributed by atoms with Gasteiger partial charge in [0.2, 0.25) is 5.95 Å². The highest BCUT2D eigenvalue weighted by atomic mass is 19.3. The fourth-order valence-corrected chi connectivity index (χ4v) is 7.32. The van der Waals surface area contributed by atoms with E-state index in [1.54, 1.807) is 48.3 Å². The van der Waals surface area contributed by atoms with E-state index < -0.39 is 18.5 Å². The van der Waals surface area contributed by atoms with E-state index >= 15 is 4.39 Å². The number of para-hydroxylation sites is 1. The summed E-state index contributed by atoms with van der Waals surface area (Å²) in [7, 11) is 3.00. The van der Waals surface area contributed by atoms with E-state index in [2.05, 4.69) is 19.9 Å². The number of hydrogen-bond donors (Lipinski definition) is 0. The van der Waals surface area contributed by atoms with Gasteiger partial charge in [-0.3, -0.25) is 4.79 Å². The van der Waals surface area contributed by atoms with Gasteiger partial charge in [0.05, 0.1) is 24.4 Å². The maximum absolute atomic E-state index is 15.5. The van der Waals surface area contributed by atoms with Crippen molar-refractivity contribution < 1.29 is 32.2 Å². The number of methoxy groups -OCH3 is 2. The third-order valence-corrected chi connectivity index (χ3v) is 9.19. The maximum atomic E-state index is 15.5. The molecule has 7 rings (SSSR count). The normalized spacial score (nSPS) is 24.5. The number of aromatic nitrogens is 4. The predicted octanol–water partition coefficient (Wildman–Crippen LogP) is 5.39. The molecule has 2 fully saturated rings. The standard InChI is InChI=1S/C31H30F3N5O4/c1-41-24-9-20(19-5-3-4-6-23(19)43-30(33)34)28-27(24)37-25-10-22(32)21(15-39(25)28)18-11-35-31(36-12-18)38-13-16-7-8-17(14-38)26(16)29(40)42-2/h3-6,10-12,15-17,20,24,26,30H,7-9,13-14H2,1-2H3/t16?,17?,20-,24-,26?/m1/s1. The first-order chi connectivity index (χ1) is 20.9. The van der Waals surface area contributed by atoms with Gasteiger partial charge in [0, 0.05) is 67.5 Å². The summed E-state index contributed by atoms with van der Waals surface area (Å²) in [6.07, 6.45) is 6.84. The molecule has 4 atom stereocenters. The Morgan fingerprint density at radius 2 is 1.79 bits per heavy atom. The Balaban J connectivity index is 1.22. The van der Waals surface area contributed by atoms with Crippen LogP contribution in [0.1, 0.15) is 48.2 Å². The second-order valence-corrected chi connectivity index (χ2v) is 11.4. The van der Waals surface area contributed by atoms with Crippen molar-refractivity contribution >= 4 is 17.6 Å². The number of imidazole rings is 1. The van der Waals surface area contributed by atoms with Crippen LogP contribution < -0.4 is 9.64 Å². The molecule has 1 aromatic carbocycles. The first-order valence-electron chi connectivity index (χ1n) is 14.3. The Labute approximate surface area is 245 Å². The minimum Gasteiger partial charge on any atom is -0.469 e. The van der Waals surface area contributed by atoms with Crippen molar-refractivity contribution in [3.63, 3.8) is 0 Å². The number of piperidine rings is 1. The Morgan fingerprint density at radius 1 is 1.07 bits per heavy atom. The van der Waals surface area contributed by atoms with E-state index in [0.717, 1.165) is 18.5 Å². The number of carbonyl (C=O) groups excluding carboxylic acids is 1. The number of fused-ring (bicyclic) bond motifs is 5. The first kappa shape index (κ1) is 27.6. The summed E-state index contributed by atoms with van der Waals surface area (Å²) >= 11 is 0. The zero-order valence-corrected chi connectivity index (χ0v) is 23.6.